The molecule has 0 saturated heterocycles. The highest BCUT2D eigenvalue weighted by molar-refractivity contribution is 5.92. The van der Waals surface area contributed by atoms with Crippen LogP contribution in [-0.4, -0.2) is 34.5 Å². The van der Waals surface area contributed by atoms with Gasteiger partial charge in [0.15, 0.2) is 18.1 Å². The van der Waals surface area contributed by atoms with Crippen molar-refractivity contribution >= 4 is 11.8 Å². The molecule has 0 fully saturated rings. The molecule has 3 rings (SSSR count). The van der Waals surface area contributed by atoms with Gasteiger partial charge in [0.25, 0.3) is 11.8 Å². The second-order valence-electron chi connectivity index (χ2n) is 7.37. The number of para-hydroxylation sites is 1. The topological polar surface area (TPSA) is 84.7 Å². The van der Waals surface area contributed by atoms with Crippen molar-refractivity contribution in [3.63, 3.8) is 0 Å². The fraction of sp³-hybridized carbons (Fsp3) is 0.292. The molecule has 2 amide bonds. The summed E-state index contributed by atoms with van der Waals surface area (Å²) in [6.45, 7) is 4.22. The van der Waals surface area contributed by atoms with Crippen LogP contribution >= 0.6 is 0 Å². The molecule has 2 aromatic carbocycles. The largest absolute Gasteiger partial charge is 0.484 e. The van der Waals surface area contributed by atoms with Gasteiger partial charge in [0.2, 0.25) is 0 Å². The lowest BCUT2D eigenvalue weighted by Crippen LogP contribution is -2.40. The number of amides is 2. The summed E-state index contributed by atoms with van der Waals surface area (Å²) in [5, 5.41) is 6.53. The van der Waals surface area contributed by atoms with Gasteiger partial charge in [0.1, 0.15) is 11.6 Å². The SMILES string of the molecule is CCC(C)N(Cc1cc(C(=O)NCc2ccc(F)cc2)no1)C(=O)COc1ccccc1. The molecule has 0 bridgehead atoms. The molecule has 1 aromatic heterocycles. The van der Waals surface area contributed by atoms with Gasteiger partial charge >= 0.3 is 0 Å². The molecule has 0 saturated carbocycles. The maximum atomic E-state index is 13.0. The molecule has 1 heterocycles. The van der Waals surface area contributed by atoms with Crippen LogP contribution in [0.25, 0.3) is 0 Å². The predicted octanol–water partition coefficient (Wildman–Crippen LogP) is 3.95. The first-order chi connectivity index (χ1) is 15.5. The van der Waals surface area contributed by atoms with E-state index < -0.39 is 5.91 Å². The van der Waals surface area contributed by atoms with Gasteiger partial charge in [0, 0.05) is 18.7 Å². The quantitative estimate of drug-likeness (QED) is 0.517. The molecule has 0 aliphatic rings. The molecule has 7 nitrogen and oxygen atoms in total. The number of benzene rings is 2. The van der Waals surface area contributed by atoms with E-state index in [0.29, 0.717) is 11.5 Å². The molecule has 3 aromatic rings. The Hall–Kier alpha value is -3.68. The molecule has 0 radical (unpaired) electrons. The van der Waals surface area contributed by atoms with Crippen molar-refractivity contribution in [1.82, 2.24) is 15.4 Å². The van der Waals surface area contributed by atoms with Crippen molar-refractivity contribution in [2.24, 2.45) is 0 Å². The highest BCUT2D eigenvalue weighted by Crippen LogP contribution is 2.14. The third kappa shape index (κ3) is 6.41. The lowest BCUT2D eigenvalue weighted by Gasteiger charge is -2.27. The average Bonchev–Trinajstić information content (AvgIpc) is 3.29. The second-order valence-corrected chi connectivity index (χ2v) is 7.37. The van der Waals surface area contributed by atoms with Gasteiger partial charge in [0.05, 0.1) is 6.54 Å². The van der Waals surface area contributed by atoms with Crippen LogP contribution in [-0.2, 0) is 17.9 Å². The third-order valence-electron chi connectivity index (χ3n) is 5.03. The summed E-state index contributed by atoms with van der Waals surface area (Å²) < 4.78 is 23.9. The second kappa shape index (κ2) is 11.1. The number of hydrogen-bond donors (Lipinski definition) is 1. The Kier molecular flexibility index (Phi) is 7.96. The Balaban J connectivity index is 1.58. The molecule has 0 aliphatic carbocycles. The zero-order valence-electron chi connectivity index (χ0n) is 18.1. The number of rotatable bonds is 10. The molecule has 1 unspecified atom stereocenters. The number of nitrogens with zero attached hydrogens (tertiary/aromatic N) is 2. The van der Waals surface area contributed by atoms with E-state index in [1.54, 1.807) is 29.2 Å². The van der Waals surface area contributed by atoms with Crippen molar-refractivity contribution in [1.29, 1.82) is 0 Å². The first-order valence-electron chi connectivity index (χ1n) is 10.4. The molecule has 168 valence electrons. The zero-order valence-corrected chi connectivity index (χ0v) is 18.1. The fourth-order valence-electron chi connectivity index (χ4n) is 2.99. The number of ether oxygens (including phenoxy) is 1. The normalized spacial score (nSPS) is 11.6. The first-order valence-corrected chi connectivity index (χ1v) is 10.4. The Morgan fingerprint density at radius 3 is 2.56 bits per heavy atom. The van der Waals surface area contributed by atoms with Gasteiger partial charge in [-0.25, -0.2) is 4.39 Å². The predicted molar refractivity (Wildman–Crippen MR) is 116 cm³/mol. The standard InChI is InChI=1S/C24H26FN3O4/c1-3-17(2)28(23(29)16-31-20-7-5-4-6-8-20)15-21-13-22(27-32-21)24(30)26-14-18-9-11-19(25)12-10-18/h4-13,17H,3,14-16H2,1-2H3,(H,26,30). The van der Waals surface area contributed by atoms with Crippen LogP contribution in [0.3, 0.4) is 0 Å². The van der Waals surface area contributed by atoms with E-state index in [9.17, 15) is 14.0 Å². The van der Waals surface area contributed by atoms with Crippen LogP contribution < -0.4 is 10.1 Å². The minimum absolute atomic E-state index is 0.0530. The number of carbonyl (C=O) groups is 2. The summed E-state index contributed by atoms with van der Waals surface area (Å²) in [4.78, 5) is 26.8. The number of carbonyl (C=O) groups excluding carboxylic acids is 2. The Bertz CT molecular complexity index is 1020. The molecule has 0 aliphatic heterocycles. The Morgan fingerprint density at radius 1 is 1.16 bits per heavy atom. The number of hydrogen-bond acceptors (Lipinski definition) is 5. The van der Waals surface area contributed by atoms with Crippen molar-refractivity contribution in [2.45, 2.75) is 39.4 Å². The Morgan fingerprint density at radius 2 is 1.88 bits per heavy atom. The summed E-state index contributed by atoms with van der Waals surface area (Å²) in [5.74, 6) is 0.0610. The summed E-state index contributed by atoms with van der Waals surface area (Å²) in [7, 11) is 0. The monoisotopic (exact) mass is 439 g/mol. The van der Waals surface area contributed by atoms with Gasteiger partial charge in [-0.15, -0.1) is 0 Å². The van der Waals surface area contributed by atoms with E-state index in [0.717, 1.165) is 12.0 Å². The van der Waals surface area contributed by atoms with Crippen molar-refractivity contribution in [2.75, 3.05) is 6.61 Å². The van der Waals surface area contributed by atoms with E-state index >= 15 is 0 Å². The first kappa shape index (κ1) is 23.0. The van der Waals surface area contributed by atoms with Gasteiger partial charge in [-0.3, -0.25) is 9.59 Å². The molecule has 8 heteroatoms. The highest BCUT2D eigenvalue weighted by atomic mass is 19.1. The Labute approximate surface area is 186 Å². The molecular formula is C24H26FN3O4. The summed E-state index contributed by atoms with van der Waals surface area (Å²) >= 11 is 0. The van der Waals surface area contributed by atoms with Gasteiger partial charge in [-0.1, -0.05) is 42.4 Å². The van der Waals surface area contributed by atoms with E-state index in [4.69, 9.17) is 9.26 Å². The maximum Gasteiger partial charge on any atom is 0.273 e. The van der Waals surface area contributed by atoms with Crippen molar-refractivity contribution in [3.05, 3.63) is 83.5 Å². The van der Waals surface area contributed by atoms with Crippen molar-refractivity contribution in [3.8, 4) is 5.75 Å². The molecule has 1 N–H and O–H groups in total. The van der Waals surface area contributed by atoms with Crippen LogP contribution in [0, 0.1) is 5.82 Å². The van der Waals surface area contributed by atoms with Crippen LogP contribution in [0.1, 0.15) is 42.1 Å². The van der Waals surface area contributed by atoms with E-state index in [1.165, 1.54) is 18.2 Å². The van der Waals surface area contributed by atoms with Gasteiger partial charge < -0.3 is 19.5 Å². The van der Waals surface area contributed by atoms with Gasteiger partial charge in [-0.05, 0) is 43.2 Å². The number of aromatic nitrogens is 1. The van der Waals surface area contributed by atoms with Crippen LogP contribution in [0.15, 0.2) is 65.2 Å². The smallest absolute Gasteiger partial charge is 0.273 e. The van der Waals surface area contributed by atoms with E-state index in [1.807, 2.05) is 32.0 Å². The van der Waals surface area contributed by atoms with Crippen LogP contribution in [0.5, 0.6) is 5.75 Å². The molecular weight excluding hydrogens is 413 g/mol. The number of nitrogens with one attached hydrogen (secondary N) is 1. The van der Waals surface area contributed by atoms with Gasteiger partial charge in [-0.2, -0.15) is 0 Å². The zero-order chi connectivity index (χ0) is 22.9. The lowest BCUT2D eigenvalue weighted by molar-refractivity contribution is -0.136. The van der Waals surface area contributed by atoms with Crippen LogP contribution in [0.4, 0.5) is 4.39 Å². The average molecular weight is 439 g/mol. The van der Waals surface area contributed by atoms with Crippen molar-refractivity contribution < 1.29 is 23.2 Å². The van der Waals surface area contributed by atoms with Crippen LogP contribution in [0.2, 0.25) is 0 Å². The van der Waals surface area contributed by atoms with E-state index in [2.05, 4.69) is 10.5 Å². The molecule has 1 atom stereocenters. The number of halogens is 1. The molecule has 0 spiro atoms. The maximum absolute atomic E-state index is 13.0. The minimum Gasteiger partial charge on any atom is -0.484 e. The summed E-state index contributed by atoms with van der Waals surface area (Å²) in [5.41, 5.74) is 0.870. The van der Waals surface area contributed by atoms with E-state index in [-0.39, 0.29) is 43.2 Å². The lowest BCUT2D eigenvalue weighted by atomic mass is 10.2. The highest BCUT2D eigenvalue weighted by Gasteiger charge is 2.23. The summed E-state index contributed by atoms with van der Waals surface area (Å²) in [6.07, 6.45) is 0.746. The molecule has 32 heavy (non-hydrogen) atoms. The third-order valence-corrected chi connectivity index (χ3v) is 5.03. The summed E-state index contributed by atoms with van der Waals surface area (Å²) in [6, 6.07) is 16.4. The minimum atomic E-state index is -0.418. The fourth-order valence-corrected chi connectivity index (χ4v) is 2.99.